The molecule has 6 aliphatic rings. The van der Waals surface area contributed by atoms with Gasteiger partial charge in [0.05, 0.1) is 44.3 Å². The predicted octanol–water partition coefficient (Wildman–Crippen LogP) is 33.3. The van der Waals surface area contributed by atoms with Crippen molar-refractivity contribution in [2.45, 2.75) is 194 Å². The highest BCUT2D eigenvalue weighted by atomic mass is 16.5. The van der Waals surface area contributed by atoms with E-state index in [1.165, 1.54) is 143 Å². The van der Waals surface area contributed by atoms with E-state index in [9.17, 15) is 0 Å². The molecule has 0 unspecified atom stereocenters. The summed E-state index contributed by atoms with van der Waals surface area (Å²) in [6, 6.07) is 133. The van der Waals surface area contributed by atoms with Crippen LogP contribution in [0, 0.1) is 0 Å². The van der Waals surface area contributed by atoms with Crippen LogP contribution in [0.5, 0.6) is 23.0 Å². The first kappa shape index (κ1) is 86.2. The summed E-state index contributed by atoms with van der Waals surface area (Å²) in [6.07, 6.45) is 0. The zero-order chi connectivity index (χ0) is 96.0. The second kappa shape index (κ2) is 29.6. The van der Waals surface area contributed by atoms with Crippen LogP contribution in [0.1, 0.15) is 229 Å². The molecule has 19 aromatic rings. The lowest BCUT2D eigenvalue weighted by Crippen LogP contribution is -2.61. The lowest BCUT2D eigenvalue weighted by molar-refractivity contribution is 0.436. The fourth-order valence-electron chi connectivity index (χ4n) is 24.6. The van der Waals surface area contributed by atoms with Crippen molar-refractivity contribution in [3.8, 4) is 78.9 Å². The summed E-state index contributed by atoms with van der Waals surface area (Å²) in [5.74, 6) is 3.44. The van der Waals surface area contributed by atoms with Gasteiger partial charge in [0.15, 0.2) is 0 Å². The maximum atomic E-state index is 7.34. The van der Waals surface area contributed by atoms with Crippen LogP contribution in [0.4, 0.5) is 34.1 Å². The van der Waals surface area contributed by atoms with Crippen LogP contribution in [0.2, 0.25) is 0 Å². The van der Waals surface area contributed by atoms with Gasteiger partial charge in [-0.15, -0.1) is 0 Å². The Kier molecular flexibility index (Phi) is 18.3. The van der Waals surface area contributed by atoms with Crippen LogP contribution in [0.25, 0.3) is 99.5 Å². The molecule has 0 atom stereocenters. The Morgan fingerprint density at radius 1 is 0.209 bits per heavy atom. The number of rotatable bonds is 6. The van der Waals surface area contributed by atoms with Crippen molar-refractivity contribution in [1.82, 2.24) is 9.13 Å². The van der Waals surface area contributed by atoms with Gasteiger partial charge in [0, 0.05) is 89.0 Å². The Morgan fingerprint density at radius 3 is 0.806 bits per heavy atom. The van der Waals surface area contributed by atoms with Gasteiger partial charge in [0.2, 0.25) is 0 Å². The first-order chi connectivity index (χ1) is 66.3. The van der Waals surface area contributed by atoms with E-state index < -0.39 is 16.2 Å². The Labute approximate surface area is 819 Å². The Bertz CT molecular complexity index is 7810. The first-order valence-electron chi connectivity index (χ1n) is 50.1. The molecule has 6 heterocycles. The number of hydrogen-bond donors (Lipinski definition) is 0. The second-order valence-corrected chi connectivity index (χ2v) is 47.6. The summed E-state index contributed by atoms with van der Waals surface area (Å²) in [5, 5.41) is 5.00. The molecule has 7 heteroatoms. The van der Waals surface area contributed by atoms with Crippen molar-refractivity contribution >= 4 is 101 Å². The minimum absolute atomic E-state index is 0.0967. The van der Waals surface area contributed by atoms with Crippen molar-refractivity contribution in [3.63, 3.8) is 0 Å². The van der Waals surface area contributed by atoms with Gasteiger partial charge < -0.3 is 28.4 Å². The van der Waals surface area contributed by atoms with E-state index in [1.54, 1.807) is 0 Å². The molecule has 0 saturated heterocycles. The van der Waals surface area contributed by atoms with Gasteiger partial charge in [-0.1, -0.05) is 340 Å². The lowest BCUT2D eigenvalue weighted by Gasteiger charge is -2.46. The quantitative estimate of drug-likeness (QED) is 0.155. The molecule has 682 valence electrons. The van der Waals surface area contributed by atoms with E-state index in [-0.39, 0.29) is 39.2 Å². The van der Waals surface area contributed by atoms with Gasteiger partial charge in [-0.3, -0.25) is 0 Å². The fraction of sp³-hybridized carbons (Fsp3) is 0.227. The summed E-state index contributed by atoms with van der Waals surface area (Å²) in [6.45, 7) is 49.3. The largest absolute Gasteiger partial charge is 0.457 e. The molecule has 4 aliphatic heterocycles. The highest BCUT2D eigenvalue weighted by Gasteiger charge is 2.55. The van der Waals surface area contributed by atoms with Gasteiger partial charge in [0.1, 0.15) is 23.0 Å². The highest BCUT2D eigenvalue weighted by Crippen LogP contribution is 2.66. The standard InChI is InChI=1S/C132H119BN4O2/c1-124(2,3)80-48-58-109(93(68-80)78-46-64-121-105(66-78)131(103-42-30-32-44-119(103)138-121)99-38-26-22-34-89(99)90-35-23-27-39-100(90)131)136-115-76-87(134-111-60-50-82(126(7,8)9)70-95(111)96-71-83(127(10,11)12)51-61-112(96)134)54-56-107(115)133-108-57-55-88(135-113-62-52-84(128(13,14)15)72-97(113)98-73-85(129(16,17)18)53-63-114(98)135)77-116(108)137(118-75-86(130(19,20)21)74-117(136)123(118)133)110-59-49-81(125(4,5)6)69-94(110)79-47-65-122-106(67-79)132(104-43-31-33-45-120(104)139-122)101-40-28-24-36-91(101)92-37-25-29-41-102(92)132/h22-77H,1-21H3. The highest BCUT2D eigenvalue weighted by molar-refractivity contribution is 7.00. The van der Waals surface area contributed by atoms with Crippen molar-refractivity contribution < 1.29 is 9.47 Å². The van der Waals surface area contributed by atoms with Gasteiger partial charge in [0.25, 0.3) is 6.71 Å². The predicted molar refractivity (Wildman–Crippen MR) is 586 cm³/mol. The number of para-hydroxylation sites is 2. The third kappa shape index (κ3) is 12.7. The van der Waals surface area contributed by atoms with Crippen LogP contribution in [0.3, 0.4) is 0 Å². The summed E-state index contributed by atoms with van der Waals surface area (Å²) < 4.78 is 19.8. The van der Waals surface area contributed by atoms with Crippen LogP contribution < -0.4 is 35.7 Å². The maximum absolute atomic E-state index is 7.34. The normalized spacial score (nSPS) is 14.7. The Balaban J connectivity index is 0.809. The van der Waals surface area contributed by atoms with Crippen molar-refractivity contribution in [1.29, 1.82) is 0 Å². The fourth-order valence-corrected chi connectivity index (χ4v) is 24.6. The molecule has 0 N–H and O–H groups in total. The minimum atomic E-state index is -0.723. The average Bonchev–Trinajstić information content (AvgIpc) is 1.46. The molecule has 0 saturated carbocycles. The van der Waals surface area contributed by atoms with E-state index >= 15 is 0 Å². The van der Waals surface area contributed by atoms with Crippen molar-refractivity contribution in [2.75, 3.05) is 9.80 Å². The maximum Gasteiger partial charge on any atom is 0.252 e. The third-order valence-corrected chi connectivity index (χ3v) is 31.9. The molecule has 0 amide bonds. The van der Waals surface area contributed by atoms with Crippen LogP contribution in [-0.4, -0.2) is 15.8 Å². The molecule has 0 radical (unpaired) electrons. The molecule has 0 fully saturated rings. The lowest BCUT2D eigenvalue weighted by atomic mass is 9.33. The van der Waals surface area contributed by atoms with E-state index in [0.717, 1.165) is 113 Å². The number of aromatic nitrogens is 2. The topological polar surface area (TPSA) is 34.8 Å². The number of fused-ring (bicyclic) bond motifs is 28. The monoisotopic (exact) mass is 1800 g/mol. The summed E-state index contributed by atoms with van der Waals surface area (Å²) in [7, 11) is 0. The molecule has 6 nitrogen and oxygen atoms in total. The number of hydrogen-bond acceptors (Lipinski definition) is 4. The zero-order valence-electron chi connectivity index (χ0n) is 84.0. The van der Waals surface area contributed by atoms with E-state index in [0.29, 0.717) is 0 Å². The van der Waals surface area contributed by atoms with Crippen molar-refractivity contribution in [3.05, 3.63) is 423 Å². The number of benzene rings is 17. The molecule has 17 aromatic carbocycles. The van der Waals surface area contributed by atoms with Crippen LogP contribution >= 0.6 is 0 Å². The minimum Gasteiger partial charge on any atom is -0.457 e. The number of ether oxygens (including phenoxy) is 2. The SMILES string of the molecule is CC(C)(C)c1ccc(N2c3cc(-n4c5ccc(C(C)(C)C)cc5c5cc(C(C)(C)C)ccc54)ccc3B3c4ccc(-n5c6ccc(C(C)(C)C)cc6c6cc(C(C)(C)C)ccc65)cc4N(c4ccc(C(C)(C)C)cc4-c4ccc5c(c4)C4(c6ccccc6O5)c5ccccc5-c5ccccc54)c4cc(C(C)(C)C)cc2c43)c(-c2ccc3c(c2)C2(c4ccccc4O3)c3ccccc3-c3ccccc32)c1. The van der Waals surface area contributed by atoms with Gasteiger partial charge in [-0.25, -0.2) is 0 Å². The third-order valence-electron chi connectivity index (χ3n) is 31.9. The van der Waals surface area contributed by atoms with Gasteiger partial charge >= 0.3 is 0 Å². The molecule has 2 aromatic heterocycles. The van der Waals surface area contributed by atoms with Crippen LogP contribution in [0.15, 0.2) is 340 Å². The Hall–Kier alpha value is -14.4. The molecular weight excluding hydrogens is 1680 g/mol. The first-order valence-corrected chi connectivity index (χ1v) is 50.1. The van der Waals surface area contributed by atoms with E-state index in [4.69, 9.17) is 9.47 Å². The van der Waals surface area contributed by atoms with E-state index in [2.05, 4.69) is 504 Å². The second-order valence-electron chi connectivity index (χ2n) is 47.6. The smallest absolute Gasteiger partial charge is 0.252 e. The van der Waals surface area contributed by atoms with Gasteiger partial charge in [-0.05, 0) is 294 Å². The van der Waals surface area contributed by atoms with E-state index in [1.807, 2.05) is 0 Å². The number of anilines is 6. The number of nitrogens with zero attached hydrogens (tertiary/aromatic N) is 4. The van der Waals surface area contributed by atoms with Crippen LogP contribution in [-0.2, 0) is 48.7 Å². The summed E-state index contributed by atoms with van der Waals surface area (Å²) >= 11 is 0. The summed E-state index contributed by atoms with van der Waals surface area (Å²) in [5.41, 5.74) is 42.2. The summed E-state index contributed by atoms with van der Waals surface area (Å²) in [4.78, 5) is 5.48. The van der Waals surface area contributed by atoms with Gasteiger partial charge in [-0.2, -0.15) is 0 Å². The molecular formula is C132H119BN4O2. The molecule has 25 rings (SSSR count). The zero-order valence-corrected chi connectivity index (χ0v) is 84.0. The molecule has 2 aliphatic carbocycles. The van der Waals surface area contributed by atoms with Crippen molar-refractivity contribution in [2.24, 2.45) is 0 Å². The Morgan fingerprint density at radius 2 is 0.489 bits per heavy atom. The average molecular weight is 1800 g/mol. The molecule has 2 spiro atoms. The molecule has 0 bridgehead atoms. The molecule has 139 heavy (non-hydrogen) atoms.